The van der Waals surface area contributed by atoms with Crippen LogP contribution in [-0.4, -0.2) is 11.1 Å². The lowest BCUT2D eigenvalue weighted by atomic mass is 9.93. The van der Waals surface area contributed by atoms with Gasteiger partial charge in [-0.3, -0.25) is 0 Å². The summed E-state index contributed by atoms with van der Waals surface area (Å²) in [4.78, 5) is 12.1. The molecule has 0 aliphatic rings. The molecule has 0 saturated carbocycles. The van der Waals surface area contributed by atoms with Crippen molar-refractivity contribution in [2.24, 2.45) is 7.05 Å². The van der Waals surface area contributed by atoms with E-state index in [1.807, 2.05) is 0 Å². The normalized spacial score (nSPS) is 11.2. The predicted octanol–water partition coefficient (Wildman–Crippen LogP) is 4.46. The fraction of sp³-hybridized carbons (Fsp3) is 0.0476. The molecule has 0 saturated heterocycles. The molecular formula is C21H14F2NO2+. The molecule has 1 aromatic heterocycles. The van der Waals surface area contributed by atoms with Crippen LogP contribution in [0.15, 0.2) is 60.7 Å². The average Bonchev–Trinajstić information content (AvgIpc) is 2.64. The highest BCUT2D eigenvalue weighted by Crippen LogP contribution is 2.36. The van der Waals surface area contributed by atoms with Crippen LogP contribution in [-0.2, 0) is 7.05 Å². The third-order valence-electron chi connectivity index (χ3n) is 4.62. The molecule has 0 bridgehead atoms. The van der Waals surface area contributed by atoms with Gasteiger partial charge in [-0.05, 0) is 11.6 Å². The summed E-state index contributed by atoms with van der Waals surface area (Å²) in [5.74, 6) is -3.25. The lowest BCUT2D eigenvalue weighted by molar-refractivity contribution is -0.617. The summed E-state index contributed by atoms with van der Waals surface area (Å²) in [6.45, 7) is 0. The number of carboxylic acids is 1. The van der Waals surface area contributed by atoms with Crippen LogP contribution in [0.2, 0.25) is 0 Å². The van der Waals surface area contributed by atoms with Gasteiger partial charge in [0.15, 0.2) is 11.6 Å². The number of rotatable bonds is 2. The maximum atomic E-state index is 14.8. The highest BCUT2D eigenvalue weighted by Gasteiger charge is 2.28. The first-order valence-corrected chi connectivity index (χ1v) is 8.02. The molecule has 0 radical (unpaired) electrons. The van der Waals surface area contributed by atoms with E-state index in [-0.39, 0.29) is 16.5 Å². The molecule has 0 spiro atoms. The third kappa shape index (κ3) is 2.24. The number of carbonyl (C=O) groups is 1. The van der Waals surface area contributed by atoms with E-state index in [1.165, 1.54) is 0 Å². The number of carboxylic acid groups (broad SMARTS) is 1. The zero-order valence-corrected chi connectivity index (χ0v) is 13.8. The van der Waals surface area contributed by atoms with Crippen molar-refractivity contribution in [3.63, 3.8) is 0 Å². The Bertz CT molecular complexity index is 1190. The van der Waals surface area contributed by atoms with Crippen molar-refractivity contribution in [1.29, 1.82) is 0 Å². The van der Waals surface area contributed by atoms with E-state index in [9.17, 15) is 18.7 Å². The van der Waals surface area contributed by atoms with Gasteiger partial charge in [0, 0.05) is 17.7 Å². The SMILES string of the molecule is C[n+]1c2ccccc2c(C(=O)O)c2c(-c3ccccc3)c(F)c(F)cc21. The maximum Gasteiger partial charge on any atom is 0.337 e. The highest BCUT2D eigenvalue weighted by atomic mass is 19.2. The van der Waals surface area contributed by atoms with E-state index in [0.717, 1.165) is 6.07 Å². The summed E-state index contributed by atoms with van der Waals surface area (Å²) in [7, 11) is 1.71. The van der Waals surface area contributed by atoms with Gasteiger partial charge in [0.1, 0.15) is 7.05 Å². The molecule has 5 heteroatoms. The number of para-hydroxylation sites is 1. The molecule has 0 fully saturated rings. The van der Waals surface area contributed by atoms with Crippen molar-refractivity contribution in [3.05, 3.63) is 77.9 Å². The van der Waals surface area contributed by atoms with Crippen LogP contribution in [0.25, 0.3) is 32.9 Å². The molecule has 26 heavy (non-hydrogen) atoms. The summed E-state index contributed by atoms with van der Waals surface area (Å²) in [6.07, 6.45) is 0. The Morgan fingerprint density at radius 3 is 2.31 bits per heavy atom. The molecule has 1 N–H and O–H groups in total. The fourth-order valence-corrected chi connectivity index (χ4v) is 3.47. The Kier molecular flexibility index (Phi) is 3.65. The molecular weight excluding hydrogens is 336 g/mol. The van der Waals surface area contributed by atoms with Crippen molar-refractivity contribution in [1.82, 2.24) is 0 Å². The second-order valence-electron chi connectivity index (χ2n) is 6.06. The molecule has 4 rings (SSSR count). The lowest BCUT2D eigenvalue weighted by Gasteiger charge is -2.13. The fourth-order valence-electron chi connectivity index (χ4n) is 3.47. The van der Waals surface area contributed by atoms with Gasteiger partial charge in [0.25, 0.3) is 0 Å². The predicted molar refractivity (Wildman–Crippen MR) is 94.9 cm³/mol. The number of pyridine rings is 1. The summed E-state index contributed by atoms with van der Waals surface area (Å²) in [5, 5.41) is 10.5. The minimum Gasteiger partial charge on any atom is -0.478 e. The zero-order chi connectivity index (χ0) is 18.4. The summed E-state index contributed by atoms with van der Waals surface area (Å²) < 4.78 is 30.9. The van der Waals surface area contributed by atoms with Gasteiger partial charge in [-0.2, -0.15) is 4.57 Å². The number of aromatic nitrogens is 1. The van der Waals surface area contributed by atoms with Gasteiger partial charge in [-0.15, -0.1) is 0 Å². The second kappa shape index (κ2) is 5.88. The number of halogens is 2. The molecule has 1 heterocycles. The zero-order valence-electron chi connectivity index (χ0n) is 13.8. The first-order chi connectivity index (χ1) is 12.5. The van der Waals surface area contributed by atoms with Gasteiger partial charge < -0.3 is 5.11 Å². The van der Waals surface area contributed by atoms with Crippen LogP contribution in [0.3, 0.4) is 0 Å². The van der Waals surface area contributed by atoms with Crippen LogP contribution < -0.4 is 4.57 Å². The van der Waals surface area contributed by atoms with Crippen LogP contribution in [0, 0.1) is 11.6 Å². The van der Waals surface area contributed by atoms with Gasteiger partial charge >= 0.3 is 5.97 Å². The number of fused-ring (bicyclic) bond motifs is 2. The topological polar surface area (TPSA) is 41.2 Å². The largest absolute Gasteiger partial charge is 0.478 e. The molecule has 3 aromatic carbocycles. The number of benzene rings is 3. The summed E-state index contributed by atoms with van der Waals surface area (Å²) in [5.41, 5.74) is 1.29. The number of hydrogen-bond donors (Lipinski definition) is 1. The molecule has 3 nitrogen and oxygen atoms in total. The number of hydrogen-bond acceptors (Lipinski definition) is 1. The van der Waals surface area contributed by atoms with Gasteiger partial charge in [-0.1, -0.05) is 42.5 Å². The number of aryl methyl sites for hydroxylation is 1. The smallest absolute Gasteiger partial charge is 0.337 e. The van der Waals surface area contributed by atoms with E-state index < -0.39 is 17.6 Å². The van der Waals surface area contributed by atoms with Gasteiger partial charge in [-0.25, -0.2) is 13.6 Å². The Morgan fingerprint density at radius 1 is 0.962 bits per heavy atom. The minimum atomic E-state index is -1.19. The standard InChI is InChI=1S/C21H13F2NO2/c1-24-15-10-6-5-9-13(15)18(21(25)26)19-16(24)11-14(22)20(23)17(19)12-7-3-2-4-8-12/h2-11H,1H3/p+1. The Morgan fingerprint density at radius 2 is 1.62 bits per heavy atom. The third-order valence-corrected chi connectivity index (χ3v) is 4.62. The second-order valence-corrected chi connectivity index (χ2v) is 6.06. The highest BCUT2D eigenvalue weighted by molar-refractivity contribution is 6.16. The summed E-state index contributed by atoms with van der Waals surface area (Å²) in [6, 6.07) is 16.4. The van der Waals surface area contributed by atoms with Crippen molar-refractivity contribution >= 4 is 27.8 Å². The number of aromatic carboxylic acids is 1. The van der Waals surface area contributed by atoms with Crippen LogP contribution in [0.1, 0.15) is 10.4 Å². The van der Waals surface area contributed by atoms with Crippen molar-refractivity contribution in [2.45, 2.75) is 0 Å². The van der Waals surface area contributed by atoms with Crippen LogP contribution in [0.5, 0.6) is 0 Å². The molecule has 128 valence electrons. The molecule has 0 amide bonds. The van der Waals surface area contributed by atoms with E-state index in [4.69, 9.17) is 0 Å². The lowest BCUT2D eigenvalue weighted by Crippen LogP contribution is -2.31. The molecule has 0 unspecified atom stereocenters. The monoisotopic (exact) mass is 350 g/mol. The number of nitrogens with zero attached hydrogens (tertiary/aromatic N) is 1. The van der Waals surface area contributed by atoms with Crippen LogP contribution >= 0.6 is 0 Å². The van der Waals surface area contributed by atoms with E-state index in [1.54, 1.807) is 66.2 Å². The summed E-state index contributed by atoms with van der Waals surface area (Å²) >= 11 is 0. The van der Waals surface area contributed by atoms with Crippen LogP contribution in [0.4, 0.5) is 8.78 Å². The van der Waals surface area contributed by atoms with Crippen molar-refractivity contribution in [3.8, 4) is 11.1 Å². The molecule has 0 atom stereocenters. The molecule has 4 aromatic rings. The first kappa shape index (κ1) is 16.1. The molecule has 0 aliphatic carbocycles. The van der Waals surface area contributed by atoms with Crippen molar-refractivity contribution < 1.29 is 23.2 Å². The average molecular weight is 350 g/mol. The Labute approximate surface area is 147 Å². The first-order valence-electron chi connectivity index (χ1n) is 8.02. The van der Waals surface area contributed by atoms with E-state index in [2.05, 4.69) is 0 Å². The van der Waals surface area contributed by atoms with Crippen molar-refractivity contribution in [2.75, 3.05) is 0 Å². The maximum absolute atomic E-state index is 14.8. The Hall–Kier alpha value is -3.34. The van der Waals surface area contributed by atoms with Gasteiger partial charge in [0.05, 0.1) is 16.3 Å². The van der Waals surface area contributed by atoms with E-state index >= 15 is 0 Å². The minimum absolute atomic E-state index is 0.0357. The molecule has 0 aliphatic heterocycles. The van der Waals surface area contributed by atoms with E-state index in [0.29, 0.717) is 22.0 Å². The van der Waals surface area contributed by atoms with Gasteiger partial charge in [0.2, 0.25) is 11.0 Å². The quantitative estimate of drug-likeness (QED) is 0.428. The Balaban J connectivity index is 2.35.